The van der Waals surface area contributed by atoms with Crippen LogP contribution in [0.25, 0.3) is 10.9 Å². The molecule has 14 heavy (non-hydrogen) atoms. The van der Waals surface area contributed by atoms with Gasteiger partial charge in [-0.2, -0.15) is 0 Å². The molecule has 1 N–H and O–H groups in total. The molecule has 2 nitrogen and oxygen atoms in total. The van der Waals surface area contributed by atoms with E-state index in [0.29, 0.717) is 6.42 Å². The Balaban J connectivity index is 2.29. The lowest BCUT2D eigenvalue weighted by atomic mass is 10.1. The molecule has 0 amide bonds. The van der Waals surface area contributed by atoms with Crippen LogP contribution in [0.2, 0.25) is 0 Å². The lowest BCUT2D eigenvalue weighted by Crippen LogP contribution is -1.92. The summed E-state index contributed by atoms with van der Waals surface area (Å²) in [5.74, 6) is 0.235. The molecule has 0 aliphatic carbocycles. The summed E-state index contributed by atoms with van der Waals surface area (Å²) >= 11 is 0. The van der Waals surface area contributed by atoms with Gasteiger partial charge in [0.25, 0.3) is 0 Å². The maximum absolute atomic E-state index is 10.9. The van der Waals surface area contributed by atoms with Crippen molar-refractivity contribution in [2.45, 2.75) is 19.8 Å². The molecule has 1 aromatic carbocycles. The fraction of sp³-hybridized carbons (Fsp3) is 0.250. The molecule has 0 spiro atoms. The van der Waals surface area contributed by atoms with E-state index in [1.165, 1.54) is 10.9 Å². The monoisotopic (exact) mass is 186 g/mol. The number of aromatic amines is 1. The highest BCUT2D eigenvalue weighted by molar-refractivity contribution is 5.83. The van der Waals surface area contributed by atoms with Crippen molar-refractivity contribution in [3.8, 4) is 0 Å². The van der Waals surface area contributed by atoms with Gasteiger partial charge in [0, 0.05) is 24.1 Å². The zero-order valence-electron chi connectivity index (χ0n) is 8.13. The molecule has 0 atom stereocenters. The normalized spacial score (nSPS) is 10.6. The van der Waals surface area contributed by atoms with Crippen molar-refractivity contribution in [1.82, 2.24) is 4.98 Å². The van der Waals surface area contributed by atoms with Gasteiger partial charge < -0.3 is 9.78 Å². The summed E-state index contributed by atoms with van der Waals surface area (Å²) in [6.45, 7) is 1.63. The number of nitrogens with one attached hydrogen (secondary N) is 1. The van der Waals surface area contributed by atoms with Gasteiger partial charge in [0.05, 0.1) is 5.52 Å². The van der Waals surface area contributed by atoms with Crippen LogP contribution in [0.1, 0.15) is 18.9 Å². The number of H-pyrrole nitrogens is 1. The molecule has 2 rings (SSSR count). The van der Waals surface area contributed by atoms with Gasteiger partial charge in [0.2, 0.25) is 0 Å². The first kappa shape index (κ1) is 9.00. The standard InChI is InChI=1S/C12H12NO/c1-9(14)6-7-10-8-13-12-5-3-2-4-11(10)12/h2-4,8,13H,6-7H2,1H3. The lowest BCUT2D eigenvalue weighted by molar-refractivity contribution is -0.116. The molecule has 0 saturated heterocycles. The number of hydrogen-bond donors (Lipinski definition) is 1. The maximum Gasteiger partial charge on any atom is 0.130 e. The van der Waals surface area contributed by atoms with Crippen LogP contribution >= 0.6 is 0 Å². The smallest absolute Gasteiger partial charge is 0.130 e. The van der Waals surface area contributed by atoms with Crippen LogP contribution in [0.15, 0.2) is 24.4 Å². The highest BCUT2D eigenvalue weighted by Crippen LogP contribution is 2.18. The highest BCUT2D eigenvalue weighted by atomic mass is 16.1. The van der Waals surface area contributed by atoms with Crippen molar-refractivity contribution in [1.29, 1.82) is 0 Å². The average molecular weight is 186 g/mol. The first-order valence-corrected chi connectivity index (χ1v) is 4.73. The topological polar surface area (TPSA) is 32.9 Å². The molecule has 1 radical (unpaired) electrons. The summed E-state index contributed by atoms with van der Waals surface area (Å²) in [7, 11) is 0. The molecule has 2 heteroatoms. The summed E-state index contributed by atoms with van der Waals surface area (Å²) in [6.07, 6.45) is 3.39. The Bertz CT molecular complexity index is 456. The molecule has 1 aromatic heterocycles. The first-order valence-electron chi connectivity index (χ1n) is 4.73. The fourth-order valence-electron chi connectivity index (χ4n) is 1.58. The van der Waals surface area contributed by atoms with Crippen molar-refractivity contribution >= 4 is 16.7 Å². The van der Waals surface area contributed by atoms with Crippen molar-refractivity contribution in [3.05, 3.63) is 36.0 Å². The Morgan fingerprint density at radius 1 is 1.57 bits per heavy atom. The van der Waals surface area contributed by atoms with Gasteiger partial charge in [-0.25, -0.2) is 0 Å². The Kier molecular flexibility index (Phi) is 2.35. The summed E-state index contributed by atoms with van der Waals surface area (Å²) in [5, 5.41) is 1.17. The third-order valence-electron chi connectivity index (χ3n) is 2.34. The number of fused-ring (bicyclic) bond motifs is 1. The van der Waals surface area contributed by atoms with E-state index in [9.17, 15) is 4.79 Å². The molecule has 2 aromatic rings. The predicted molar refractivity (Wildman–Crippen MR) is 56.1 cm³/mol. The van der Waals surface area contributed by atoms with Crippen LogP contribution in [0, 0.1) is 6.07 Å². The molecule has 0 aliphatic rings. The number of benzene rings is 1. The zero-order valence-corrected chi connectivity index (χ0v) is 8.13. The Hall–Kier alpha value is -1.57. The molecule has 1 heterocycles. The second-order valence-corrected chi connectivity index (χ2v) is 3.47. The molecule has 71 valence electrons. The Labute approximate surface area is 82.9 Å². The number of hydrogen-bond acceptors (Lipinski definition) is 1. The molecule has 0 saturated carbocycles. The van der Waals surface area contributed by atoms with E-state index in [-0.39, 0.29) is 5.78 Å². The minimum absolute atomic E-state index is 0.235. The number of carbonyl (C=O) groups is 1. The van der Waals surface area contributed by atoms with E-state index in [1.54, 1.807) is 6.92 Å². The summed E-state index contributed by atoms with van der Waals surface area (Å²) in [6, 6.07) is 9.02. The molecular formula is C12H12NO. The minimum Gasteiger partial charge on any atom is -0.360 e. The van der Waals surface area contributed by atoms with Crippen LogP contribution < -0.4 is 0 Å². The maximum atomic E-state index is 10.9. The minimum atomic E-state index is 0.235. The summed E-state index contributed by atoms with van der Waals surface area (Å²) < 4.78 is 0. The Morgan fingerprint density at radius 2 is 2.43 bits per heavy atom. The summed E-state index contributed by atoms with van der Waals surface area (Å²) in [4.78, 5) is 14.0. The van der Waals surface area contributed by atoms with E-state index < -0.39 is 0 Å². The van der Waals surface area contributed by atoms with Crippen LogP contribution in [-0.4, -0.2) is 10.8 Å². The van der Waals surface area contributed by atoms with E-state index >= 15 is 0 Å². The SMILES string of the molecule is CC(=O)CCc1c[nH]c2[c]cccc12. The van der Waals surface area contributed by atoms with Crippen LogP contribution in [0.4, 0.5) is 0 Å². The van der Waals surface area contributed by atoms with E-state index in [0.717, 1.165) is 11.9 Å². The third kappa shape index (κ3) is 1.69. The first-order chi connectivity index (χ1) is 6.77. The van der Waals surface area contributed by atoms with Crippen molar-refractivity contribution in [2.75, 3.05) is 0 Å². The highest BCUT2D eigenvalue weighted by Gasteiger charge is 2.03. The largest absolute Gasteiger partial charge is 0.360 e. The predicted octanol–water partition coefficient (Wildman–Crippen LogP) is 2.49. The van der Waals surface area contributed by atoms with Gasteiger partial charge in [-0.15, -0.1) is 0 Å². The van der Waals surface area contributed by atoms with E-state index in [2.05, 4.69) is 17.1 Å². The molecule has 0 unspecified atom stereocenters. The van der Waals surface area contributed by atoms with Gasteiger partial charge in [-0.3, -0.25) is 0 Å². The number of para-hydroxylation sites is 1. The van der Waals surface area contributed by atoms with Gasteiger partial charge in [-0.05, 0) is 18.9 Å². The lowest BCUT2D eigenvalue weighted by Gasteiger charge is -1.95. The van der Waals surface area contributed by atoms with Gasteiger partial charge >= 0.3 is 0 Å². The van der Waals surface area contributed by atoms with Crippen LogP contribution in [0.5, 0.6) is 0 Å². The second-order valence-electron chi connectivity index (χ2n) is 3.47. The third-order valence-corrected chi connectivity index (χ3v) is 2.34. The number of aryl methyl sites for hydroxylation is 1. The number of Topliss-reactive ketones (excluding diaryl/α,β-unsaturated/α-hetero) is 1. The zero-order chi connectivity index (χ0) is 9.97. The van der Waals surface area contributed by atoms with Crippen LogP contribution in [0.3, 0.4) is 0 Å². The summed E-state index contributed by atoms with van der Waals surface area (Å²) in [5.41, 5.74) is 2.22. The second kappa shape index (κ2) is 3.66. The van der Waals surface area contributed by atoms with E-state index in [1.807, 2.05) is 18.3 Å². The quantitative estimate of drug-likeness (QED) is 0.784. The number of aromatic nitrogens is 1. The molecular weight excluding hydrogens is 174 g/mol. The molecule has 0 bridgehead atoms. The number of ketones is 1. The Morgan fingerprint density at radius 3 is 3.21 bits per heavy atom. The molecule has 0 aliphatic heterocycles. The van der Waals surface area contributed by atoms with Gasteiger partial charge in [0.15, 0.2) is 0 Å². The van der Waals surface area contributed by atoms with Gasteiger partial charge in [0.1, 0.15) is 5.78 Å². The van der Waals surface area contributed by atoms with Crippen LogP contribution in [-0.2, 0) is 11.2 Å². The van der Waals surface area contributed by atoms with E-state index in [4.69, 9.17) is 0 Å². The molecule has 0 fully saturated rings. The number of carbonyl (C=O) groups excluding carboxylic acids is 1. The van der Waals surface area contributed by atoms with Crippen molar-refractivity contribution < 1.29 is 4.79 Å². The number of rotatable bonds is 3. The fourth-order valence-corrected chi connectivity index (χ4v) is 1.58. The van der Waals surface area contributed by atoms with Crippen molar-refractivity contribution in [2.24, 2.45) is 0 Å². The average Bonchev–Trinajstić information content (AvgIpc) is 2.58. The van der Waals surface area contributed by atoms with Crippen molar-refractivity contribution in [3.63, 3.8) is 0 Å². The van der Waals surface area contributed by atoms with Gasteiger partial charge in [-0.1, -0.05) is 18.2 Å².